The van der Waals surface area contributed by atoms with E-state index in [1.165, 1.54) is 12.7 Å². The van der Waals surface area contributed by atoms with Crippen LogP contribution in [0.15, 0.2) is 29.5 Å². The molecule has 2 aromatic heterocycles. The fraction of sp³-hybridized carbons (Fsp3) is 0.556. The van der Waals surface area contributed by atoms with E-state index in [1.54, 1.807) is 17.1 Å². The molecule has 1 N–H and O–H groups in total. The Morgan fingerprint density at radius 1 is 1.44 bits per heavy atom. The first kappa shape index (κ1) is 18.0. The van der Waals surface area contributed by atoms with Gasteiger partial charge in [0.25, 0.3) is 5.91 Å². The van der Waals surface area contributed by atoms with Gasteiger partial charge in [-0.3, -0.25) is 14.3 Å². The Morgan fingerprint density at radius 2 is 2.30 bits per heavy atom. The number of aromatic nitrogens is 3. The zero-order valence-electron chi connectivity index (χ0n) is 15.1. The molecule has 0 saturated carbocycles. The lowest BCUT2D eigenvalue weighted by Crippen LogP contribution is -2.50. The van der Waals surface area contributed by atoms with Crippen LogP contribution in [0.2, 0.25) is 5.02 Å². The SMILES string of the molecule is CC[C@]1(C(=O)NCCn2cc(Cl)cn2)C[C@H]2CC[C@@H]1N2C(=O)c1cocn1. The van der Waals surface area contributed by atoms with Crippen molar-refractivity contribution < 1.29 is 14.0 Å². The van der Waals surface area contributed by atoms with Crippen molar-refractivity contribution in [2.45, 2.75) is 51.2 Å². The molecule has 0 aliphatic carbocycles. The molecular weight excluding hydrogens is 370 g/mol. The third kappa shape index (κ3) is 3.01. The van der Waals surface area contributed by atoms with Crippen molar-refractivity contribution in [1.82, 2.24) is 25.0 Å². The van der Waals surface area contributed by atoms with E-state index in [2.05, 4.69) is 15.4 Å². The first-order valence-electron chi connectivity index (χ1n) is 9.22. The molecule has 2 aliphatic rings. The highest BCUT2D eigenvalue weighted by Crippen LogP contribution is 2.52. The maximum Gasteiger partial charge on any atom is 0.276 e. The highest BCUT2D eigenvalue weighted by Gasteiger charge is 2.60. The lowest BCUT2D eigenvalue weighted by molar-refractivity contribution is -0.133. The molecule has 2 saturated heterocycles. The molecular formula is C18H22ClN5O3. The van der Waals surface area contributed by atoms with E-state index in [-0.39, 0.29) is 23.9 Å². The number of amides is 2. The summed E-state index contributed by atoms with van der Waals surface area (Å²) in [4.78, 5) is 31.8. The molecule has 4 rings (SSSR count). The number of fused-ring (bicyclic) bond motifs is 2. The molecule has 2 aliphatic heterocycles. The fourth-order valence-electron chi connectivity index (χ4n) is 4.65. The standard InChI is InChI=1S/C18H22ClN5O3/c1-2-18(17(26)20-5-6-23-9-12(19)8-22-23)7-13-3-4-15(18)24(13)16(25)14-10-27-11-21-14/h8-11,13,15H,2-7H2,1H3,(H,20,26)/t13-,15+,18+/m1/s1. The molecule has 0 aromatic carbocycles. The first-order chi connectivity index (χ1) is 13.0. The number of carbonyl (C=O) groups is 2. The molecule has 4 heterocycles. The largest absolute Gasteiger partial charge is 0.451 e. The number of oxazole rings is 1. The van der Waals surface area contributed by atoms with Crippen LogP contribution < -0.4 is 5.32 Å². The summed E-state index contributed by atoms with van der Waals surface area (Å²) in [5, 5.41) is 7.72. The van der Waals surface area contributed by atoms with Gasteiger partial charge in [-0.05, 0) is 25.7 Å². The van der Waals surface area contributed by atoms with Crippen molar-refractivity contribution in [3.8, 4) is 0 Å². The van der Waals surface area contributed by atoms with Crippen LogP contribution in [0.1, 0.15) is 43.1 Å². The molecule has 2 fully saturated rings. The topological polar surface area (TPSA) is 93.3 Å². The zero-order valence-corrected chi connectivity index (χ0v) is 15.9. The summed E-state index contributed by atoms with van der Waals surface area (Å²) in [5.41, 5.74) is -0.251. The van der Waals surface area contributed by atoms with Gasteiger partial charge in [0.05, 0.1) is 23.2 Å². The summed E-state index contributed by atoms with van der Waals surface area (Å²) in [5.74, 6) is -0.140. The monoisotopic (exact) mass is 391 g/mol. The first-order valence-corrected chi connectivity index (χ1v) is 9.60. The molecule has 8 nitrogen and oxygen atoms in total. The van der Waals surface area contributed by atoms with E-state index < -0.39 is 5.41 Å². The highest BCUT2D eigenvalue weighted by molar-refractivity contribution is 6.30. The molecule has 0 spiro atoms. The Morgan fingerprint density at radius 3 is 2.96 bits per heavy atom. The summed E-state index contributed by atoms with van der Waals surface area (Å²) in [6.07, 6.45) is 9.06. The van der Waals surface area contributed by atoms with Gasteiger partial charge in [-0.1, -0.05) is 18.5 Å². The molecule has 144 valence electrons. The number of carbonyl (C=O) groups excluding carboxylic acids is 2. The minimum absolute atomic E-state index is 0.00778. The fourth-order valence-corrected chi connectivity index (χ4v) is 4.80. The van der Waals surface area contributed by atoms with Gasteiger partial charge < -0.3 is 14.6 Å². The third-order valence-corrected chi connectivity index (χ3v) is 6.13. The van der Waals surface area contributed by atoms with E-state index in [4.69, 9.17) is 16.0 Å². The van der Waals surface area contributed by atoms with Crippen LogP contribution in [0.5, 0.6) is 0 Å². The summed E-state index contributed by atoms with van der Waals surface area (Å²) in [6, 6.07) is -0.0225. The summed E-state index contributed by atoms with van der Waals surface area (Å²) >= 11 is 5.86. The Hall–Kier alpha value is -2.35. The van der Waals surface area contributed by atoms with Crippen molar-refractivity contribution >= 4 is 23.4 Å². The van der Waals surface area contributed by atoms with Crippen LogP contribution >= 0.6 is 11.6 Å². The molecule has 2 bridgehead atoms. The average Bonchev–Trinajstić information content (AvgIpc) is 3.45. The van der Waals surface area contributed by atoms with Crippen molar-refractivity contribution in [2.75, 3.05) is 6.54 Å². The van der Waals surface area contributed by atoms with E-state index in [0.29, 0.717) is 36.6 Å². The quantitative estimate of drug-likeness (QED) is 0.814. The third-order valence-electron chi connectivity index (χ3n) is 5.94. The molecule has 0 unspecified atom stereocenters. The van der Waals surface area contributed by atoms with E-state index in [1.807, 2.05) is 11.8 Å². The van der Waals surface area contributed by atoms with Crippen LogP contribution in [0.25, 0.3) is 0 Å². The van der Waals surface area contributed by atoms with Crippen LogP contribution in [-0.4, -0.2) is 50.1 Å². The van der Waals surface area contributed by atoms with Crippen molar-refractivity contribution in [3.63, 3.8) is 0 Å². The Balaban J connectivity index is 1.45. The summed E-state index contributed by atoms with van der Waals surface area (Å²) in [6.45, 7) is 3.04. The van der Waals surface area contributed by atoms with Crippen LogP contribution in [-0.2, 0) is 11.3 Å². The van der Waals surface area contributed by atoms with Gasteiger partial charge in [-0.25, -0.2) is 4.98 Å². The molecule has 2 aromatic rings. The van der Waals surface area contributed by atoms with Crippen LogP contribution in [0.3, 0.4) is 0 Å². The Bertz CT molecular complexity index is 836. The second-order valence-corrected chi connectivity index (χ2v) is 7.66. The lowest BCUT2D eigenvalue weighted by Gasteiger charge is -2.35. The predicted octanol–water partition coefficient (Wildman–Crippen LogP) is 2.11. The minimum Gasteiger partial charge on any atom is -0.451 e. The Kier molecular flexibility index (Phi) is 4.67. The van der Waals surface area contributed by atoms with Gasteiger partial charge in [0.15, 0.2) is 12.1 Å². The van der Waals surface area contributed by atoms with E-state index in [9.17, 15) is 9.59 Å². The predicted molar refractivity (Wildman–Crippen MR) is 97.1 cm³/mol. The van der Waals surface area contributed by atoms with Gasteiger partial charge in [-0.15, -0.1) is 0 Å². The number of hydrogen-bond donors (Lipinski definition) is 1. The number of hydrogen-bond acceptors (Lipinski definition) is 5. The normalized spacial score (nSPS) is 26.5. The van der Waals surface area contributed by atoms with E-state index >= 15 is 0 Å². The van der Waals surface area contributed by atoms with Gasteiger partial charge >= 0.3 is 0 Å². The Labute approximate surface area is 161 Å². The van der Waals surface area contributed by atoms with Crippen molar-refractivity contribution in [2.24, 2.45) is 5.41 Å². The zero-order chi connectivity index (χ0) is 19.0. The second-order valence-electron chi connectivity index (χ2n) is 7.22. The molecule has 27 heavy (non-hydrogen) atoms. The minimum atomic E-state index is -0.552. The summed E-state index contributed by atoms with van der Waals surface area (Å²) < 4.78 is 6.65. The van der Waals surface area contributed by atoms with Crippen molar-refractivity contribution in [1.29, 1.82) is 0 Å². The average molecular weight is 392 g/mol. The van der Waals surface area contributed by atoms with Gasteiger partial charge in [0.1, 0.15) is 6.26 Å². The van der Waals surface area contributed by atoms with Gasteiger partial charge in [-0.2, -0.15) is 5.10 Å². The smallest absolute Gasteiger partial charge is 0.276 e. The molecule has 0 radical (unpaired) electrons. The number of halogens is 1. The maximum atomic E-state index is 13.1. The molecule has 9 heteroatoms. The summed E-state index contributed by atoms with van der Waals surface area (Å²) in [7, 11) is 0. The number of rotatable bonds is 6. The second kappa shape index (κ2) is 6.99. The van der Waals surface area contributed by atoms with Crippen LogP contribution in [0.4, 0.5) is 0 Å². The van der Waals surface area contributed by atoms with Crippen molar-refractivity contribution in [3.05, 3.63) is 35.8 Å². The highest BCUT2D eigenvalue weighted by atomic mass is 35.5. The molecule has 2 amide bonds. The lowest BCUT2D eigenvalue weighted by atomic mass is 9.71. The van der Waals surface area contributed by atoms with Crippen LogP contribution in [0, 0.1) is 5.41 Å². The molecule has 3 atom stereocenters. The van der Waals surface area contributed by atoms with E-state index in [0.717, 1.165) is 12.8 Å². The number of nitrogens with one attached hydrogen (secondary N) is 1. The number of nitrogens with zero attached hydrogens (tertiary/aromatic N) is 4. The van der Waals surface area contributed by atoms with Gasteiger partial charge in [0.2, 0.25) is 5.91 Å². The van der Waals surface area contributed by atoms with Gasteiger partial charge in [0, 0.05) is 24.8 Å². The maximum absolute atomic E-state index is 13.1.